The highest BCUT2D eigenvalue weighted by Crippen LogP contribution is 2.24. The number of carboxylic acids is 1. The molecular formula is C24H25ClN2O4. The summed E-state index contributed by atoms with van der Waals surface area (Å²) >= 11 is 6.05. The number of benzene rings is 2. The average Bonchev–Trinajstić information content (AvgIpc) is 3.16. The third-order valence-electron chi connectivity index (χ3n) is 5.18. The standard InChI is InChI=1S/C24H25ClN2O4/c1-2-3-17(23(30)21-14-18-13-19(25)8-9-20(18)27-21)12-15-4-6-16(7-5-15)24(31)26-11-10-22(28)29/h4-9,13-14,17,27H,2-3,10-12H2,1H3,(H,26,31)(H,28,29)/t17-/m1/s1. The fourth-order valence-electron chi connectivity index (χ4n) is 3.59. The third kappa shape index (κ3) is 5.95. The third-order valence-corrected chi connectivity index (χ3v) is 5.41. The van der Waals surface area contributed by atoms with E-state index < -0.39 is 5.97 Å². The lowest BCUT2D eigenvalue weighted by atomic mass is 9.89. The van der Waals surface area contributed by atoms with Crippen LogP contribution in [0.1, 0.15) is 52.6 Å². The van der Waals surface area contributed by atoms with E-state index in [1.807, 2.05) is 30.3 Å². The van der Waals surface area contributed by atoms with Gasteiger partial charge in [-0.25, -0.2) is 0 Å². The molecule has 0 aliphatic rings. The van der Waals surface area contributed by atoms with Gasteiger partial charge in [-0.05, 0) is 54.8 Å². The molecule has 0 unspecified atom stereocenters. The monoisotopic (exact) mass is 440 g/mol. The topological polar surface area (TPSA) is 99.3 Å². The van der Waals surface area contributed by atoms with E-state index in [0.717, 1.165) is 29.3 Å². The number of ketones is 1. The maximum atomic E-state index is 13.2. The van der Waals surface area contributed by atoms with Gasteiger partial charge in [0.25, 0.3) is 5.91 Å². The van der Waals surface area contributed by atoms with E-state index in [0.29, 0.717) is 22.7 Å². The van der Waals surface area contributed by atoms with E-state index in [1.54, 1.807) is 18.2 Å². The summed E-state index contributed by atoms with van der Waals surface area (Å²) in [6.45, 7) is 2.13. The predicted octanol–water partition coefficient (Wildman–Crippen LogP) is 4.87. The van der Waals surface area contributed by atoms with Crippen molar-refractivity contribution in [1.82, 2.24) is 10.3 Å². The number of nitrogens with one attached hydrogen (secondary N) is 2. The van der Waals surface area contributed by atoms with E-state index in [2.05, 4.69) is 17.2 Å². The molecule has 0 aliphatic carbocycles. The van der Waals surface area contributed by atoms with Crippen molar-refractivity contribution >= 4 is 40.2 Å². The molecule has 0 saturated carbocycles. The van der Waals surface area contributed by atoms with Crippen molar-refractivity contribution in [3.05, 3.63) is 70.4 Å². The predicted molar refractivity (Wildman–Crippen MR) is 121 cm³/mol. The maximum Gasteiger partial charge on any atom is 0.305 e. The van der Waals surface area contributed by atoms with Gasteiger partial charge in [-0.2, -0.15) is 0 Å². The van der Waals surface area contributed by atoms with Crippen LogP contribution in [0.5, 0.6) is 0 Å². The van der Waals surface area contributed by atoms with Crippen LogP contribution < -0.4 is 5.32 Å². The highest BCUT2D eigenvalue weighted by atomic mass is 35.5. The van der Waals surface area contributed by atoms with Gasteiger partial charge in [-0.15, -0.1) is 0 Å². The lowest BCUT2D eigenvalue weighted by molar-refractivity contribution is -0.136. The van der Waals surface area contributed by atoms with Gasteiger partial charge in [-0.3, -0.25) is 14.4 Å². The normalized spacial score (nSPS) is 11.9. The first kappa shape index (κ1) is 22.6. The van der Waals surface area contributed by atoms with Crippen LogP contribution in [-0.4, -0.2) is 34.3 Å². The Kier molecular flexibility index (Phi) is 7.47. The first-order valence-corrected chi connectivity index (χ1v) is 10.7. The van der Waals surface area contributed by atoms with Crippen molar-refractivity contribution in [2.24, 2.45) is 5.92 Å². The van der Waals surface area contributed by atoms with Gasteiger partial charge in [0.15, 0.2) is 5.78 Å². The highest BCUT2D eigenvalue weighted by Gasteiger charge is 2.22. The number of aliphatic carboxylic acids is 1. The number of hydrogen-bond acceptors (Lipinski definition) is 3. The Balaban J connectivity index is 1.69. The van der Waals surface area contributed by atoms with Gasteiger partial charge in [-0.1, -0.05) is 37.1 Å². The second kappa shape index (κ2) is 10.3. The smallest absolute Gasteiger partial charge is 0.305 e. The van der Waals surface area contributed by atoms with E-state index in [4.69, 9.17) is 16.7 Å². The van der Waals surface area contributed by atoms with Crippen molar-refractivity contribution in [2.45, 2.75) is 32.6 Å². The Morgan fingerprint density at radius 1 is 1.10 bits per heavy atom. The molecule has 6 nitrogen and oxygen atoms in total. The molecule has 162 valence electrons. The van der Waals surface area contributed by atoms with Crippen LogP contribution in [0.4, 0.5) is 0 Å². The molecule has 0 aliphatic heterocycles. The fourth-order valence-corrected chi connectivity index (χ4v) is 3.77. The molecule has 3 rings (SSSR count). The number of halogens is 1. The molecular weight excluding hydrogens is 416 g/mol. The SMILES string of the molecule is CCC[C@H](Cc1ccc(C(=O)NCCC(=O)O)cc1)C(=O)c1cc2cc(Cl)ccc2[nH]1. The van der Waals surface area contributed by atoms with Crippen molar-refractivity contribution < 1.29 is 19.5 Å². The number of aromatic nitrogens is 1. The first-order valence-electron chi connectivity index (χ1n) is 10.3. The largest absolute Gasteiger partial charge is 0.481 e. The molecule has 7 heteroatoms. The first-order chi connectivity index (χ1) is 14.9. The molecule has 31 heavy (non-hydrogen) atoms. The van der Waals surface area contributed by atoms with Crippen LogP contribution in [0, 0.1) is 5.92 Å². The van der Waals surface area contributed by atoms with E-state index in [1.165, 1.54) is 0 Å². The minimum atomic E-state index is -0.958. The van der Waals surface area contributed by atoms with Crippen molar-refractivity contribution in [3.8, 4) is 0 Å². The van der Waals surface area contributed by atoms with Crippen molar-refractivity contribution in [1.29, 1.82) is 0 Å². The van der Waals surface area contributed by atoms with Crippen LogP contribution in [-0.2, 0) is 11.2 Å². The number of rotatable bonds is 10. The Morgan fingerprint density at radius 3 is 2.52 bits per heavy atom. The number of amides is 1. The summed E-state index contributed by atoms with van der Waals surface area (Å²) in [5, 5.41) is 12.8. The summed E-state index contributed by atoms with van der Waals surface area (Å²) in [6.07, 6.45) is 2.09. The molecule has 1 amide bonds. The second-order valence-corrected chi connectivity index (χ2v) is 8.00. The summed E-state index contributed by atoms with van der Waals surface area (Å²) in [5.74, 6) is -1.39. The quantitative estimate of drug-likeness (QED) is 0.392. The number of carbonyl (C=O) groups is 3. The van der Waals surface area contributed by atoms with E-state index in [9.17, 15) is 14.4 Å². The van der Waals surface area contributed by atoms with Crippen LogP contribution in [0.3, 0.4) is 0 Å². The molecule has 3 aromatic rings. The Morgan fingerprint density at radius 2 is 1.84 bits per heavy atom. The summed E-state index contributed by atoms with van der Waals surface area (Å²) in [5.41, 5.74) is 2.87. The lowest BCUT2D eigenvalue weighted by Crippen LogP contribution is -2.26. The van der Waals surface area contributed by atoms with Gasteiger partial charge in [0, 0.05) is 34.0 Å². The van der Waals surface area contributed by atoms with Crippen LogP contribution >= 0.6 is 11.6 Å². The lowest BCUT2D eigenvalue weighted by Gasteiger charge is -2.15. The summed E-state index contributed by atoms with van der Waals surface area (Å²) < 4.78 is 0. The second-order valence-electron chi connectivity index (χ2n) is 7.57. The van der Waals surface area contributed by atoms with Gasteiger partial charge < -0.3 is 15.4 Å². The van der Waals surface area contributed by atoms with E-state index in [-0.39, 0.29) is 30.6 Å². The zero-order valence-electron chi connectivity index (χ0n) is 17.3. The zero-order chi connectivity index (χ0) is 22.4. The Labute approximate surface area is 185 Å². The average molecular weight is 441 g/mol. The molecule has 1 atom stereocenters. The molecule has 0 saturated heterocycles. The Hall–Kier alpha value is -3.12. The zero-order valence-corrected chi connectivity index (χ0v) is 18.0. The number of carboxylic acid groups (broad SMARTS) is 1. The summed E-state index contributed by atoms with van der Waals surface area (Å²) in [7, 11) is 0. The van der Waals surface area contributed by atoms with Crippen LogP contribution in [0.2, 0.25) is 5.02 Å². The minimum Gasteiger partial charge on any atom is -0.481 e. The molecule has 0 bridgehead atoms. The molecule has 0 radical (unpaired) electrons. The van der Waals surface area contributed by atoms with Gasteiger partial charge in [0.05, 0.1) is 12.1 Å². The number of fused-ring (bicyclic) bond motifs is 1. The summed E-state index contributed by atoms with van der Waals surface area (Å²) in [4.78, 5) is 39.0. The van der Waals surface area contributed by atoms with Gasteiger partial charge in [0.1, 0.15) is 0 Å². The summed E-state index contributed by atoms with van der Waals surface area (Å²) in [6, 6.07) is 14.4. The molecule has 2 aromatic carbocycles. The molecule has 3 N–H and O–H groups in total. The number of carbonyl (C=O) groups excluding carboxylic acids is 2. The van der Waals surface area contributed by atoms with Crippen LogP contribution in [0.25, 0.3) is 10.9 Å². The number of H-pyrrole nitrogens is 1. The molecule has 0 fully saturated rings. The van der Waals surface area contributed by atoms with E-state index >= 15 is 0 Å². The number of aromatic amines is 1. The van der Waals surface area contributed by atoms with Crippen molar-refractivity contribution in [2.75, 3.05) is 6.54 Å². The fraction of sp³-hybridized carbons (Fsp3) is 0.292. The molecule has 0 spiro atoms. The van der Waals surface area contributed by atoms with Gasteiger partial charge >= 0.3 is 5.97 Å². The number of Topliss-reactive ketones (excluding diaryl/α,β-unsaturated/α-hetero) is 1. The molecule has 1 heterocycles. The molecule has 1 aromatic heterocycles. The highest BCUT2D eigenvalue weighted by molar-refractivity contribution is 6.31. The Bertz CT molecular complexity index is 1090. The number of hydrogen-bond donors (Lipinski definition) is 3. The minimum absolute atomic E-state index is 0.0599. The van der Waals surface area contributed by atoms with Gasteiger partial charge in [0.2, 0.25) is 0 Å². The maximum absolute atomic E-state index is 13.2. The van der Waals surface area contributed by atoms with Crippen molar-refractivity contribution in [3.63, 3.8) is 0 Å². The van der Waals surface area contributed by atoms with Crippen LogP contribution in [0.15, 0.2) is 48.5 Å².